The second kappa shape index (κ2) is 5.60. The molecule has 1 aliphatic rings. The van der Waals surface area contributed by atoms with Crippen molar-refractivity contribution >= 4 is 6.09 Å². The zero-order valence-corrected chi connectivity index (χ0v) is 11.6. The topological polar surface area (TPSA) is 51.5 Å². The van der Waals surface area contributed by atoms with Crippen molar-refractivity contribution in [3.8, 4) is 0 Å². The summed E-state index contributed by atoms with van der Waals surface area (Å²) in [4.78, 5) is 11.4. The Kier molecular flexibility index (Phi) is 3.75. The van der Waals surface area contributed by atoms with E-state index in [-0.39, 0.29) is 12.2 Å². The minimum absolute atomic E-state index is 0.0177. The molecule has 1 fully saturated rings. The summed E-state index contributed by atoms with van der Waals surface area (Å²) in [6.45, 7) is 0. The molecule has 1 N–H and O–H groups in total. The molecule has 0 bridgehead atoms. The van der Waals surface area contributed by atoms with Crippen LogP contribution in [0.3, 0.4) is 0 Å². The van der Waals surface area contributed by atoms with Crippen molar-refractivity contribution in [2.24, 2.45) is 0 Å². The van der Waals surface area contributed by atoms with Crippen molar-refractivity contribution in [3.05, 3.63) is 59.3 Å². The lowest BCUT2D eigenvalue weighted by Crippen LogP contribution is -2.29. The summed E-state index contributed by atoms with van der Waals surface area (Å²) in [5, 5.41) is 2.52. The van der Waals surface area contributed by atoms with Gasteiger partial charge in [-0.3, -0.25) is 0 Å². The third kappa shape index (κ3) is 3.30. The number of hydrogen-bond acceptors (Lipinski definition) is 3. The number of rotatable bonds is 3. The van der Waals surface area contributed by atoms with Gasteiger partial charge in [0.1, 0.15) is 17.7 Å². The number of ether oxygens (including phenoxy) is 1. The van der Waals surface area contributed by atoms with Crippen molar-refractivity contribution < 1.29 is 31.5 Å². The number of hydrogen-bond donors (Lipinski definition) is 1. The van der Waals surface area contributed by atoms with Gasteiger partial charge in [0.2, 0.25) is 5.76 Å². The summed E-state index contributed by atoms with van der Waals surface area (Å²) in [7, 11) is 0. The van der Waals surface area contributed by atoms with E-state index >= 15 is 0 Å². The van der Waals surface area contributed by atoms with Crippen LogP contribution in [0.2, 0.25) is 0 Å². The standard InChI is InChI=1S/C15H11F4NO3/c16-9-3-1-8(2-4-9)13-11(20-14(21)23-13)7-10-5-6-12(22-10)15(17,18)19/h1-6,11,13H,7H2,(H,20,21). The molecule has 1 aliphatic heterocycles. The molecule has 2 unspecified atom stereocenters. The molecule has 122 valence electrons. The minimum Gasteiger partial charge on any atom is -0.456 e. The van der Waals surface area contributed by atoms with Gasteiger partial charge in [-0.2, -0.15) is 13.2 Å². The predicted octanol–water partition coefficient (Wildman–Crippen LogP) is 3.83. The first-order chi connectivity index (χ1) is 10.8. The number of benzene rings is 1. The number of cyclic esters (lactones) is 1. The third-order valence-corrected chi connectivity index (χ3v) is 3.46. The van der Waals surface area contributed by atoms with Crippen LogP contribution in [0.4, 0.5) is 22.4 Å². The van der Waals surface area contributed by atoms with Crippen molar-refractivity contribution in [2.45, 2.75) is 24.7 Å². The van der Waals surface area contributed by atoms with E-state index in [0.717, 1.165) is 6.07 Å². The SMILES string of the molecule is O=C1NC(Cc2ccc(C(F)(F)F)o2)C(c2ccc(F)cc2)O1. The lowest BCUT2D eigenvalue weighted by atomic mass is 9.99. The quantitative estimate of drug-likeness (QED) is 0.871. The zero-order valence-electron chi connectivity index (χ0n) is 11.6. The van der Waals surface area contributed by atoms with Crippen LogP contribution in [0.1, 0.15) is 23.2 Å². The summed E-state index contributed by atoms with van der Waals surface area (Å²) in [6, 6.07) is 6.77. The normalized spacial score (nSPS) is 21.1. The van der Waals surface area contributed by atoms with E-state index in [1.165, 1.54) is 30.3 Å². The Morgan fingerprint density at radius 3 is 2.39 bits per heavy atom. The van der Waals surface area contributed by atoms with Crippen LogP contribution in [0.15, 0.2) is 40.8 Å². The summed E-state index contributed by atoms with van der Waals surface area (Å²) in [5.41, 5.74) is 0.539. The van der Waals surface area contributed by atoms with Gasteiger partial charge in [-0.15, -0.1) is 0 Å². The second-order valence-corrected chi connectivity index (χ2v) is 5.10. The van der Waals surface area contributed by atoms with Crippen molar-refractivity contribution in [3.63, 3.8) is 0 Å². The summed E-state index contributed by atoms with van der Waals surface area (Å²) in [5.74, 6) is -1.47. The van der Waals surface area contributed by atoms with Crippen LogP contribution in [0.5, 0.6) is 0 Å². The molecule has 0 saturated carbocycles. The number of nitrogens with one attached hydrogen (secondary N) is 1. The number of furan rings is 1. The molecule has 0 radical (unpaired) electrons. The Hall–Kier alpha value is -2.51. The number of alkyl carbamates (subject to hydrolysis) is 1. The fourth-order valence-corrected chi connectivity index (χ4v) is 2.43. The van der Waals surface area contributed by atoms with Crippen LogP contribution in [0.25, 0.3) is 0 Å². The highest BCUT2D eigenvalue weighted by Gasteiger charge is 2.38. The summed E-state index contributed by atoms with van der Waals surface area (Å²) >= 11 is 0. The van der Waals surface area contributed by atoms with E-state index < -0.39 is 36.0 Å². The minimum atomic E-state index is -4.57. The highest BCUT2D eigenvalue weighted by molar-refractivity contribution is 5.70. The van der Waals surface area contributed by atoms with E-state index in [0.29, 0.717) is 5.56 Å². The Morgan fingerprint density at radius 1 is 1.09 bits per heavy atom. The molecule has 1 amide bonds. The van der Waals surface area contributed by atoms with Gasteiger partial charge in [0.25, 0.3) is 0 Å². The molecule has 8 heteroatoms. The molecule has 0 aliphatic carbocycles. The number of halogens is 4. The number of carbonyl (C=O) groups excluding carboxylic acids is 1. The molecule has 1 aromatic carbocycles. The van der Waals surface area contributed by atoms with Crippen LogP contribution < -0.4 is 5.32 Å². The zero-order chi connectivity index (χ0) is 16.6. The largest absolute Gasteiger partial charge is 0.456 e. The van der Waals surface area contributed by atoms with Crippen LogP contribution in [-0.4, -0.2) is 12.1 Å². The third-order valence-electron chi connectivity index (χ3n) is 3.46. The molecule has 2 atom stereocenters. The molecule has 4 nitrogen and oxygen atoms in total. The summed E-state index contributed by atoms with van der Waals surface area (Å²) in [6.07, 6.45) is -5.97. The molecule has 3 rings (SSSR count). The molecular formula is C15H11F4NO3. The van der Waals surface area contributed by atoms with E-state index in [1.807, 2.05) is 0 Å². The average molecular weight is 329 g/mol. The number of carbonyl (C=O) groups is 1. The van der Waals surface area contributed by atoms with Crippen LogP contribution in [0, 0.1) is 5.82 Å². The first kappa shape index (κ1) is 15.4. The van der Waals surface area contributed by atoms with Crippen molar-refractivity contribution in [1.82, 2.24) is 5.32 Å². The van der Waals surface area contributed by atoms with Crippen LogP contribution in [-0.2, 0) is 17.3 Å². The van der Waals surface area contributed by atoms with Gasteiger partial charge in [0.15, 0.2) is 0 Å². The Balaban J connectivity index is 1.79. The lowest BCUT2D eigenvalue weighted by molar-refractivity contribution is -0.153. The first-order valence-corrected chi connectivity index (χ1v) is 6.71. The number of alkyl halides is 3. The first-order valence-electron chi connectivity index (χ1n) is 6.71. The van der Waals surface area contributed by atoms with Gasteiger partial charge in [-0.1, -0.05) is 12.1 Å². The van der Waals surface area contributed by atoms with Gasteiger partial charge in [-0.05, 0) is 29.8 Å². The van der Waals surface area contributed by atoms with Gasteiger partial charge in [0.05, 0.1) is 6.04 Å². The van der Waals surface area contributed by atoms with Gasteiger partial charge >= 0.3 is 12.3 Å². The van der Waals surface area contributed by atoms with Gasteiger partial charge in [0, 0.05) is 6.42 Å². The predicted molar refractivity (Wildman–Crippen MR) is 70.0 cm³/mol. The van der Waals surface area contributed by atoms with Crippen LogP contribution >= 0.6 is 0 Å². The van der Waals surface area contributed by atoms with E-state index in [2.05, 4.69) is 5.32 Å². The average Bonchev–Trinajstić information content (AvgIpc) is 3.07. The molecule has 0 spiro atoms. The molecule has 1 aromatic heterocycles. The van der Waals surface area contributed by atoms with Crippen molar-refractivity contribution in [1.29, 1.82) is 0 Å². The fraction of sp³-hybridized carbons (Fsp3) is 0.267. The monoisotopic (exact) mass is 329 g/mol. The summed E-state index contributed by atoms with van der Waals surface area (Å²) < 4.78 is 60.4. The van der Waals surface area contributed by atoms with Gasteiger partial charge in [-0.25, -0.2) is 9.18 Å². The van der Waals surface area contributed by atoms with Crippen molar-refractivity contribution in [2.75, 3.05) is 0 Å². The van der Waals surface area contributed by atoms with Gasteiger partial charge < -0.3 is 14.5 Å². The van der Waals surface area contributed by atoms with E-state index in [9.17, 15) is 22.4 Å². The Morgan fingerprint density at radius 2 is 1.78 bits per heavy atom. The smallest absolute Gasteiger partial charge is 0.449 e. The maximum atomic E-state index is 13.0. The molecule has 2 heterocycles. The lowest BCUT2D eigenvalue weighted by Gasteiger charge is -2.16. The molecule has 1 saturated heterocycles. The maximum absolute atomic E-state index is 13.0. The maximum Gasteiger partial charge on any atom is 0.449 e. The molecule has 2 aromatic rings. The molecule has 23 heavy (non-hydrogen) atoms. The van der Waals surface area contributed by atoms with E-state index in [4.69, 9.17) is 9.15 Å². The highest BCUT2D eigenvalue weighted by atomic mass is 19.4. The van der Waals surface area contributed by atoms with E-state index in [1.54, 1.807) is 0 Å². The fourth-order valence-electron chi connectivity index (χ4n) is 2.43. The number of amides is 1. The molecular weight excluding hydrogens is 318 g/mol. The Bertz CT molecular complexity index is 708. The Labute approximate surface area is 128 Å². The second-order valence-electron chi connectivity index (χ2n) is 5.10. The highest BCUT2D eigenvalue weighted by Crippen LogP contribution is 2.33.